The predicted molar refractivity (Wildman–Crippen MR) is 181 cm³/mol. The van der Waals surface area contributed by atoms with Crippen LogP contribution >= 0.6 is 0 Å². The van der Waals surface area contributed by atoms with Gasteiger partial charge in [0.25, 0.3) is 0 Å². The number of unbranched alkanes of at least 4 members (excludes halogenated alkanes) is 1. The van der Waals surface area contributed by atoms with E-state index in [0.29, 0.717) is 0 Å². The van der Waals surface area contributed by atoms with Gasteiger partial charge in [0.2, 0.25) is 0 Å². The topological polar surface area (TPSA) is 23.0 Å². The van der Waals surface area contributed by atoms with Gasteiger partial charge < -0.3 is 13.6 Å². The molecule has 0 saturated heterocycles. The molecule has 43 heavy (non-hydrogen) atoms. The minimum Gasteiger partial charge on any atom is -0.454 e. The van der Waals surface area contributed by atoms with Crippen LogP contribution in [-0.2, 0) is 6.42 Å². The summed E-state index contributed by atoms with van der Waals surface area (Å²) in [5, 5.41) is 7.37. The molecule has 0 bridgehead atoms. The third-order valence-electron chi connectivity index (χ3n) is 9.08. The van der Waals surface area contributed by atoms with Gasteiger partial charge in [0, 0.05) is 38.0 Å². The zero-order valence-corrected chi connectivity index (χ0v) is 24.0. The number of benzene rings is 6. The van der Waals surface area contributed by atoms with E-state index in [9.17, 15) is 0 Å². The SMILES string of the molecule is CCCCc1ccc2oc3c(-n4c5ccccc5c5c4ccc4c6ccccc6n(-c6ccccc6)c45)cccc3c2c1. The number of rotatable bonds is 5. The number of fused-ring (bicyclic) bond motifs is 10. The van der Waals surface area contributed by atoms with E-state index in [1.807, 2.05) is 0 Å². The highest BCUT2D eigenvalue weighted by atomic mass is 16.3. The van der Waals surface area contributed by atoms with Crippen LogP contribution in [0.15, 0.2) is 132 Å². The van der Waals surface area contributed by atoms with Crippen LogP contribution in [0.3, 0.4) is 0 Å². The molecule has 9 aromatic rings. The zero-order chi connectivity index (χ0) is 28.5. The summed E-state index contributed by atoms with van der Waals surface area (Å²) in [7, 11) is 0. The normalized spacial score (nSPS) is 12.1. The smallest absolute Gasteiger partial charge is 0.159 e. The van der Waals surface area contributed by atoms with Crippen LogP contribution in [-0.4, -0.2) is 9.13 Å². The molecule has 0 N–H and O–H groups in total. The van der Waals surface area contributed by atoms with Crippen LogP contribution < -0.4 is 0 Å². The molecule has 0 atom stereocenters. The molecule has 6 aromatic carbocycles. The van der Waals surface area contributed by atoms with Crippen molar-refractivity contribution in [1.82, 2.24) is 9.13 Å². The number of hydrogen-bond donors (Lipinski definition) is 0. The van der Waals surface area contributed by atoms with Crippen LogP contribution in [0.1, 0.15) is 25.3 Å². The summed E-state index contributed by atoms with van der Waals surface area (Å²) >= 11 is 0. The molecule has 3 heteroatoms. The first-order chi connectivity index (χ1) is 21.3. The Morgan fingerprint density at radius 2 is 1.30 bits per heavy atom. The van der Waals surface area contributed by atoms with Crippen molar-refractivity contribution in [1.29, 1.82) is 0 Å². The third-order valence-corrected chi connectivity index (χ3v) is 9.08. The minimum absolute atomic E-state index is 0.927. The Kier molecular flexibility index (Phi) is 5.30. The lowest BCUT2D eigenvalue weighted by Gasteiger charge is -2.10. The Morgan fingerprint density at radius 3 is 2.14 bits per heavy atom. The van der Waals surface area contributed by atoms with Crippen LogP contribution in [0.25, 0.3) is 76.9 Å². The molecule has 0 aliphatic carbocycles. The number of hydrogen-bond acceptors (Lipinski definition) is 1. The monoisotopic (exact) mass is 554 g/mol. The maximum atomic E-state index is 6.67. The number of aromatic nitrogens is 2. The first-order valence-corrected chi connectivity index (χ1v) is 15.3. The first-order valence-electron chi connectivity index (χ1n) is 15.3. The van der Waals surface area contributed by atoms with E-state index in [1.165, 1.54) is 67.4 Å². The van der Waals surface area contributed by atoms with Crippen LogP contribution in [0.2, 0.25) is 0 Å². The summed E-state index contributed by atoms with van der Waals surface area (Å²) in [6, 6.07) is 46.1. The van der Waals surface area contributed by atoms with Gasteiger partial charge in [-0.2, -0.15) is 0 Å². The van der Waals surface area contributed by atoms with Crippen molar-refractivity contribution in [2.75, 3.05) is 0 Å². The molecule has 3 aromatic heterocycles. The molecule has 0 spiro atoms. The van der Waals surface area contributed by atoms with Crippen LogP contribution in [0.4, 0.5) is 0 Å². The maximum absolute atomic E-state index is 6.67. The number of aryl methyl sites for hydroxylation is 1. The summed E-state index contributed by atoms with van der Waals surface area (Å²) in [4.78, 5) is 0. The summed E-state index contributed by atoms with van der Waals surface area (Å²) < 4.78 is 11.5. The molecule has 0 aliphatic heterocycles. The average Bonchev–Trinajstić information content (AvgIpc) is 3.71. The highest BCUT2D eigenvalue weighted by Crippen LogP contribution is 2.43. The highest BCUT2D eigenvalue weighted by Gasteiger charge is 2.22. The summed E-state index contributed by atoms with van der Waals surface area (Å²) in [6.45, 7) is 2.25. The van der Waals surface area contributed by atoms with E-state index in [4.69, 9.17) is 4.42 Å². The quantitative estimate of drug-likeness (QED) is 0.207. The number of para-hydroxylation sites is 4. The Morgan fingerprint density at radius 1 is 0.558 bits per heavy atom. The highest BCUT2D eigenvalue weighted by molar-refractivity contribution is 6.26. The minimum atomic E-state index is 0.927. The Labute approximate surface area is 249 Å². The molecule has 0 saturated carbocycles. The van der Waals surface area contributed by atoms with Crippen molar-refractivity contribution in [2.24, 2.45) is 0 Å². The van der Waals surface area contributed by atoms with E-state index in [-0.39, 0.29) is 0 Å². The predicted octanol–water partition coefficient (Wildman–Crippen LogP) is 11.1. The molecule has 3 heterocycles. The van der Waals surface area contributed by atoms with Crippen molar-refractivity contribution in [3.05, 3.63) is 133 Å². The largest absolute Gasteiger partial charge is 0.454 e. The van der Waals surface area contributed by atoms with Crippen molar-refractivity contribution >= 4 is 65.6 Å². The van der Waals surface area contributed by atoms with E-state index >= 15 is 0 Å². The van der Waals surface area contributed by atoms with Crippen LogP contribution in [0.5, 0.6) is 0 Å². The fourth-order valence-electron chi connectivity index (χ4n) is 7.16. The van der Waals surface area contributed by atoms with E-state index in [2.05, 4.69) is 143 Å². The fourth-order valence-corrected chi connectivity index (χ4v) is 7.16. The molecular formula is C40H30N2O. The summed E-state index contributed by atoms with van der Waals surface area (Å²) in [5.74, 6) is 0. The van der Waals surface area contributed by atoms with Gasteiger partial charge in [0.1, 0.15) is 5.58 Å². The van der Waals surface area contributed by atoms with Gasteiger partial charge in [-0.05, 0) is 66.9 Å². The van der Waals surface area contributed by atoms with Gasteiger partial charge in [0.15, 0.2) is 5.58 Å². The lowest BCUT2D eigenvalue weighted by atomic mass is 10.0. The first kappa shape index (κ1) is 24.3. The van der Waals surface area contributed by atoms with Crippen molar-refractivity contribution in [2.45, 2.75) is 26.2 Å². The summed E-state index contributed by atoms with van der Waals surface area (Å²) in [6.07, 6.45) is 3.48. The number of nitrogens with zero attached hydrogens (tertiary/aromatic N) is 2. The standard InChI is InChI=1S/C40H30N2O/c1-2-3-12-26-21-24-37-32(25-26)30-17-11-20-36(40(30)43-37)42-34-19-10-8-16-31(34)38-35(42)23-22-29-28-15-7-9-18-33(28)41(39(29)38)27-13-5-4-6-14-27/h4-11,13-25H,2-3,12H2,1H3. The molecule has 0 aliphatic rings. The molecule has 9 rings (SSSR count). The molecule has 3 nitrogen and oxygen atoms in total. The van der Waals surface area contributed by atoms with Gasteiger partial charge in [-0.3, -0.25) is 0 Å². The van der Waals surface area contributed by atoms with Crippen molar-refractivity contribution < 1.29 is 4.42 Å². The van der Waals surface area contributed by atoms with E-state index < -0.39 is 0 Å². The molecular weight excluding hydrogens is 524 g/mol. The van der Waals surface area contributed by atoms with Gasteiger partial charge in [0.05, 0.1) is 27.8 Å². The lowest BCUT2D eigenvalue weighted by molar-refractivity contribution is 0.666. The Bertz CT molecular complexity index is 2490. The van der Waals surface area contributed by atoms with Gasteiger partial charge in [-0.15, -0.1) is 0 Å². The second-order valence-corrected chi connectivity index (χ2v) is 11.6. The molecule has 0 amide bonds. The second kappa shape index (κ2) is 9.37. The fraction of sp³-hybridized carbons (Fsp3) is 0.100. The van der Waals surface area contributed by atoms with Crippen LogP contribution in [0, 0.1) is 0 Å². The Balaban J connectivity index is 1.41. The van der Waals surface area contributed by atoms with Gasteiger partial charge in [-0.1, -0.05) is 92.2 Å². The van der Waals surface area contributed by atoms with E-state index in [1.54, 1.807) is 0 Å². The molecule has 0 unspecified atom stereocenters. The molecule has 0 radical (unpaired) electrons. The van der Waals surface area contributed by atoms with Gasteiger partial charge >= 0.3 is 0 Å². The Hall–Kier alpha value is -5.28. The zero-order valence-electron chi connectivity index (χ0n) is 24.0. The number of furan rings is 1. The van der Waals surface area contributed by atoms with E-state index in [0.717, 1.165) is 34.3 Å². The molecule has 206 valence electrons. The van der Waals surface area contributed by atoms with Crippen molar-refractivity contribution in [3.63, 3.8) is 0 Å². The lowest BCUT2D eigenvalue weighted by Crippen LogP contribution is -1.95. The second-order valence-electron chi connectivity index (χ2n) is 11.6. The van der Waals surface area contributed by atoms with Gasteiger partial charge in [-0.25, -0.2) is 0 Å². The molecule has 0 fully saturated rings. The maximum Gasteiger partial charge on any atom is 0.159 e. The third kappa shape index (κ3) is 3.48. The average molecular weight is 555 g/mol. The summed E-state index contributed by atoms with van der Waals surface area (Å²) in [5.41, 5.74) is 10.3. The van der Waals surface area contributed by atoms with Crippen molar-refractivity contribution in [3.8, 4) is 11.4 Å².